The lowest BCUT2D eigenvalue weighted by Crippen LogP contribution is -2.50. The standard InChI is InChI=1S/C25H22Cl2N6O2/c1-14-20(16-5-2-6-17(26)21(16)27)18(13-28)32-24(31-14)33-10-7-25(8-11-33)19(35-23(29)34)12-15-4-3-9-30-22(15)25/h2-6,9,19H,7-8,10-12H2,1H3,(H2,29,34)/t19-/m1/s1. The number of piperidine rings is 1. The summed E-state index contributed by atoms with van der Waals surface area (Å²) in [5.41, 5.74) is 9.08. The highest BCUT2D eigenvalue weighted by atomic mass is 35.5. The molecule has 2 aromatic heterocycles. The number of aromatic nitrogens is 3. The van der Waals surface area contributed by atoms with Crippen molar-refractivity contribution in [2.75, 3.05) is 18.0 Å². The van der Waals surface area contributed by atoms with E-state index in [4.69, 9.17) is 38.7 Å². The van der Waals surface area contributed by atoms with Gasteiger partial charge in [-0.05, 0) is 37.5 Å². The molecule has 5 rings (SSSR count). The summed E-state index contributed by atoms with van der Waals surface area (Å²) in [4.78, 5) is 27.6. The van der Waals surface area contributed by atoms with E-state index in [0.29, 0.717) is 65.2 Å². The summed E-state index contributed by atoms with van der Waals surface area (Å²) >= 11 is 12.6. The Kier molecular flexibility index (Phi) is 5.99. The summed E-state index contributed by atoms with van der Waals surface area (Å²) in [6.07, 6.45) is 2.58. The fraction of sp³-hybridized carbons (Fsp3) is 0.320. The first-order chi connectivity index (χ1) is 16.8. The highest BCUT2D eigenvalue weighted by Crippen LogP contribution is 2.47. The first-order valence-corrected chi connectivity index (χ1v) is 12.0. The Labute approximate surface area is 212 Å². The normalized spacial score (nSPS) is 18.2. The monoisotopic (exact) mass is 508 g/mol. The number of nitriles is 1. The Morgan fingerprint density at radius 1 is 1.23 bits per heavy atom. The molecule has 8 nitrogen and oxygen atoms in total. The van der Waals surface area contributed by atoms with Gasteiger partial charge in [0.1, 0.15) is 12.2 Å². The number of halogens is 2. The lowest BCUT2D eigenvalue weighted by molar-refractivity contribution is 0.0480. The maximum Gasteiger partial charge on any atom is 0.404 e. The predicted molar refractivity (Wildman–Crippen MR) is 132 cm³/mol. The van der Waals surface area contributed by atoms with Gasteiger partial charge in [0.05, 0.1) is 26.8 Å². The van der Waals surface area contributed by atoms with E-state index in [1.807, 2.05) is 24.0 Å². The van der Waals surface area contributed by atoms with Gasteiger partial charge in [0.25, 0.3) is 0 Å². The molecule has 1 aliphatic heterocycles. The van der Waals surface area contributed by atoms with Crippen LogP contribution in [0.1, 0.15) is 35.5 Å². The quantitative estimate of drug-likeness (QED) is 0.549. The topological polar surface area (TPSA) is 118 Å². The molecule has 2 aliphatic rings. The second-order valence-corrected chi connectivity index (χ2v) is 9.61. The van der Waals surface area contributed by atoms with Crippen molar-refractivity contribution in [2.24, 2.45) is 5.73 Å². The van der Waals surface area contributed by atoms with Gasteiger partial charge in [-0.25, -0.2) is 14.8 Å². The van der Waals surface area contributed by atoms with Gasteiger partial charge in [0.15, 0.2) is 5.69 Å². The first kappa shape index (κ1) is 23.3. The third-order valence-corrected chi connectivity index (χ3v) is 7.81. The molecule has 1 aromatic carbocycles. The molecular weight excluding hydrogens is 487 g/mol. The van der Waals surface area contributed by atoms with Crippen LogP contribution in [0.25, 0.3) is 11.1 Å². The number of carbonyl (C=O) groups excluding carboxylic acids is 1. The number of ether oxygens (including phenoxy) is 1. The lowest BCUT2D eigenvalue weighted by atomic mass is 9.74. The summed E-state index contributed by atoms with van der Waals surface area (Å²) in [7, 11) is 0. The number of amides is 1. The smallest absolute Gasteiger partial charge is 0.404 e. The first-order valence-electron chi connectivity index (χ1n) is 11.2. The average Bonchev–Trinajstić information content (AvgIpc) is 3.13. The number of anilines is 1. The number of primary amides is 1. The van der Waals surface area contributed by atoms with Crippen LogP contribution in [0.15, 0.2) is 36.5 Å². The minimum atomic E-state index is -0.780. The minimum Gasteiger partial charge on any atom is -0.445 e. The van der Waals surface area contributed by atoms with Crippen molar-refractivity contribution in [1.29, 1.82) is 5.26 Å². The molecule has 1 fully saturated rings. The van der Waals surface area contributed by atoms with E-state index in [-0.39, 0.29) is 11.8 Å². The second-order valence-electron chi connectivity index (χ2n) is 8.83. The minimum absolute atomic E-state index is 0.236. The van der Waals surface area contributed by atoms with E-state index in [9.17, 15) is 10.1 Å². The predicted octanol–water partition coefficient (Wildman–Crippen LogP) is 4.58. The zero-order valence-corrected chi connectivity index (χ0v) is 20.5. The van der Waals surface area contributed by atoms with E-state index in [0.717, 1.165) is 11.3 Å². The molecular formula is C25H22Cl2N6O2. The highest BCUT2D eigenvalue weighted by Gasteiger charge is 2.51. The number of hydrogen-bond donors (Lipinski definition) is 1. The van der Waals surface area contributed by atoms with Crippen molar-refractivity contribution in [2.45, 2.75) is 37.7 Å². The molecule has 10 heteroatoms. The largest absolute Gasteiger partial charge is 0.445 e. The van der Waals surface area contributed by atoms with Gasteiger partial charge in [0, 0.05) is 36.8 Å². The van der Waals surface area contributed by atoms with Crippen LogP contribution in [0, 0.1) is 18.3 Å². The molecule has 3 heterocycles. The summed E-state index contributed by atoms with van der Waals surface area (Å²) in [5, 5.41) is 10.6. The zero-order valence-electron chi connectivity index (χ0n) is 19.0. The number of benzene rings is 1. The molecule has 3 aromatic rings. The van der Waals surface area contributed by atoms with Crippen LogP contribution in [-0.2, 0) is 16.6 Å². The molecule has 35 heavy (non-hydrogen) atoms. The number of carbonyl (C=O) groups is 1. The average molecular weight is 509 g/mol. The number of fused-ring (bicyclic) bond motifs is 2. The van der Waals surface area contributed by atoms with Crippen molar-refractivity contribution in [3.63, 3.8) is 0 Å². The molecule has 0 unspecified atom stereocenters. The molecule has 1 aliphatic carbocycles. The summed E-state index contributed by atoms with van der Waals surface area (Å²) in [6.45, 7) is 3.05. The van der Waals surface area contributed by atoms with Crippen molar-refractivity contribution in [1.82, 2.24) is 15.0 Å². The SMILES string of the molecule is Cc1nc(N2CCC3(CC2)c2ncccc2C[C@H]3OC(N)=O)nc(C#N)c1-c1cccc(Cl)c1Cl. The number of nitrogens with zero attached hydrogens (tertiary/aromatic N) is 5. The number of nitrogens with two attached hydrogens (primary N) is 1. The van der Waals surface area contributed by atoms with Crippen molar-refractivity contribution >= 4 is 35.2 Å². The maximum absolute atomic E-state index is 11.6. The maximum atomic E-state index is 11.6. The molecule has 1 spiro atoms. The van der Waals surface area contributed by atoms with Crippen molar-refractivity contribution in [3.05, 3.63) is 69.2 Å². The molecule has 1 atom stereocenters. The molecule has 1 saturated heterocycles. The van der Waals surface area contributed by atoms with Gasteiger partial charge >= 0.3 is 6.09 Å². The van der Waals surface area contributed by atoms with Gasteiger partial charge in [-0.15, -0.1) is 0 Å². The van der Waals surface area contributed by atoms with Crippen LogP contribution in [0.5, 0.6) is 0 Å². The Hall–Kier alpha value is -3.41. The van der Waals surface area contributed by atoms with Crippen molar-refractivity contribution < 1.29 is 9.53 Å². The van der Waals surface area contributed by atoms with E-state index >= 15 is 0 Å². The van der Waals surface area contributed by atoms with Crippen LogP contribution >= 0.6 is 23.2 Å². The fourth-order valence-electron chi connectivity index (χ4n) is 5.36. The van der Waals surface area contributed by atoms with E-state index in [1.165, 1.54) is 0 Å². The third-order valence-electron chi connectivity index (χ3n) is 6.99. The Balaban J connectivity index is 1.46. The van der Waals surface area contributed by atoms with E-state index < -0.39 is 11.5 Å². The molecule has 0 radical (unpaired) electrons. The Morgan fingerprint density at radius 3 is 2.71 bits per heavy atom. The van der Waals surface area contributed by atoms with Crippen LogP contribution in [0.4, 0.5) is 10.7 Å². The summed E-state index contributed by atoms with van der Waals surface area (Å²) in [6, 6.07) is 11.4. The van der Waals surface area contributed by atoms with Gasteiger partial charge < -0.3 is 15.4 Å². The van der Waals surface area contributed by atoms with Gasteiger partial charge in [-0.3, -0.25) is 4.98 Å². The van der Waals surface area contributed by atoms with Gasteiger partial charge in [0.2, 0.25) is 5.95 Å². The van der Waals surface area contributed by atoms with Gasteiger partial charge in [-0.2, -0.15) is 5.26 Å². The van der Waals surface area contributed by atoms with Crippen LogP contribution < -0.4 is 10.6 Å². The third kappa shape index (κ3) is 3.95. The van der Waals surface area contributed by atoms with E-state index in [2.05, 4.69) is 16.0 Å². The molecule has 1 amide bonds. The van der Waals surface area contributed by atoms with Crippen LogP contribution in [0.3, 0.4) is 0 Å². The molecule has 0 bridgehead atoms. The Morgan fingerprint density at radius 2 is 2.00 bits per heavy atom. The van der Waals surface area contributed by atoms with Crippen molar-refractivity contribution in [3.8, 4) is 17.2 Å². The zero-order chi connectivity index (χ0) is 24.7. The van der Waals surface area contributed by atoms with Gasteiger partial charge in [-0.1, -0.05) is 41.4 Å². The summed E-state index contributed by atoms with van der Waals surface area (Å²) < 4.78 is 5.55. The number of pyridine rings is 1. The van der Waals surface area contributed by atoms with E-state index in [1.54, 1.807) is 24.4 Å². The molecule has 2 N–H and O–H groups in total. The van der Waals surface area contributed by atoms with Crippen LogP contribution in [0.2, 0.25) is 10.0 Å². The molecule has 178 valence electrons. The summed E-state index contributed by atoms with van der Waals surface area (Å²) in [5.74, 6) is 0.474. The highest BCUT2D eigenvalue weighted by molar-refractivity contribution is 6.43. The number of aryl methyl sites for hydroxylation is 1. The number of rotatable bonds is 3. The number of hydrogen-bond acceptors (Lipinski definition) is 7. The second kappa shape index (κ2) is 8.99. The Bertz CT molecular complexity index is 1360. The van der Waals surface area contributed by atoms with Crippen LogP contribution in [-0.4, -0.2) is 40.2 Å². The lowest BCUT2D eigenvalue weighted by Gasteiger charge is -2.42. The molecule has 0 saturated carbocycles. The fourth-order valence-corrected chi connectivity index (χ4v) is 5.75.